The highest BCUT2D eigenvalue weighted by Crippen LogP contribution is 2.23. The van der Waals surface area contributed by atoms with Crippen molar-refractivity contribution < 1.29 is 23.5 Å². The molecule has 2 amide bonds. The summed E-state index contributed by atoms with van der Waals surface area (Å²) in [6.45, 7) is -0.979. The maximum absolute atomic E-state index is 13.2. The first-order chi connectivity index (χ1) is 15.4. The van der Waals surface area contributed by atoms with Crippen molar-refractivity contribution in [2.24, 2.45) is 0 Å². The molecule has 0 spiro atoms. The van der Waals surface area contributed by atoms with Crippen LogP contribution in [0.3, 0.4) is 0 Å². The number of rotatable bonds is 8. The van der Waals surface area contributed by atoms with Gasteiger partial charge < -0.3 is 15.4 Å². The molecule has 1 unspecified atom stereocenters. The van der Waals surface area contributed by atoms with Gasteiger partial charge in [-0.1, -0.05) is 60.1 Å². The smallest absolute Gasteiger partial charge is 0.325 e. The summed E-state index contributed by atoms with van der Waals surface area (Å²) in [5.41, 5.74) is 1.73. The average molecular weight is 455 g/mol. The highest BCUT2D eigenvalue weighted by molar-refractivity contribution is 6.30. The van der Waals surface area contributed by atoms with E-state index in [1.54, 1.807) is 24.3 Å². The number of nitrogens with one attached hydrogen (secondary N) is 2. The van der Waals surface area contributed by atoms with Crippen LogP contribution in [0.5, 0.6) is 0 Å². The van der Waals surface area contributed by atoms with Gasteiger partial charge in [-0.3, -0.25) is 14.4 Å². The standard InChI is InChI=1S/C24H20ClFN2O4/c25-19-11-9-17(10-12-19)23(16-5-2-1-3-6-16)28-21(29)15-32-22(30)14-27-24(31)18-7-4-8-20(26)13-18/h1-13,23H,14-15H2,(H,27,31)(H,28,29). The number of carbonyl (C=O) groups excluding carboxylic acids is 3. The summed E-state index contributed by atoms with van der Waals surface area (Å²) in [6, 6.07) is 20.9. The molecule has 3 rings (SSSR count). The van der Waals surface area contributed by atoms with E-state index >= 15 is 0 Å². The fourth-order valence-electron chi connectivity index (χ4n) is 2.94. The summed E-state index contributed by atoms with van der Waals surface area (Å²) in [5.74, 6) is -2.50. The molecule has 0 saturated heterocycles. The summed E-state index contributed by atoms with van der Waals surface area (Å²) in [5, 5.41) is 5.73. The lowest BCUT2D eigenvalue weighted by molar-refractivity contribution is -0.147. The monoisotopic (exact) mass is 454 g/mol. The van der Waals surface area contributed by atoms with Crippen LogP contribution >= 0.6 is 11.6 Å². The van der Waals surface area contributed by atoms with Gasteiger partial charge in [-0.2, -0.15) is 0 Å². The normalized spacial score (nSPS) is 11.3. The van der Waals surface area contributed by atoms with Crippen molar-refractivity contribution in [3.8, 4) is 0 Å². The lowest BCUT2D eigenvalue weighted by Crippen LogP contribution is -2.35. The molecule has 0 radical (unpaired) electrons. The van der Waals surface area contributed by atoms with Crippen molar-refractivity contribution in [3.05, 3.63) is 106 Å². The Morgan fingerprint density at radius 1 is 0.906 bits per heavy atom. The second-order valence-corrected chi connectivity index (χ2v) is 7.25. The molecular weight excluding hydrogens is 435 g/mol. The SMILES string of the molecule is O=C(COC(=O)CNC(=O)c1cccc(F)c1)NC(c1ccccc1)c1ccc(Cl)cc1. The molecule has 0 bridgehead atoms. The maximum atomic E-state index is 13.2. The van der Waals surface area contributed by atoms with Crippen LogP contribution < -0.4 is 10.6 Å². The number of ether oxygens (including phenoxy) is 1. The zero-order chi connectivity index (χ0) is 22.9. The van der Waals surface area contributed by atoms with E-state index in [1.165, 1.54) is 18.2 Å². The lowest BCUT2D eigenvalue weighted by atomic mass is 9.99. The molecule has 0 aromatic heterocycles. The second kappa shape index (κ2) is 11.1. The topological polar surface area (TPSA) is 84.5 Å². The molecule has 0 heterocycles. The fourth-order valence-corrected chi connectivity index (χ4v) is 3.07. The summed E-state index contributed by atoms with van der Waals surface area (Å²) in [6.07, 6.45) is 0. The maximum Gasteiger partial charge on any atom is 0.325 e. The third-order valence-corrected chi connectivity index (χ3v) is 4.74. The first kappa shape index (κ1) is 23.0. The van der Waals surface area contributed by atoms with Gasteiger partial charge in [0.2, 0.25) is 0 Å². The summed E-state index contributed by atoms with van der Waals surface area (Å²) >= 11 is 5.96. The minimum Gasteiger partial charge on any atom is -0.454 e. The van der Waals surface area contributed by atoms with E-state index < -0.39 is 42.8 Å². The Hall–Kier alpha value is -3.71. The Labute approximate surface area is 189 Å². The van der Waals surface area contributed by atoms with E-state index in [9.17, 15) is 18.8 Å². The highest BCUT2D eigenvalue weighted by atomic mass is 35.5. The Balaban J connectivity index is 1.54. The molecule has 0 saturated carbocycles. The zero-order valence-electron chi connectivity index (χ0n) is 16.9. The molecule has 0 fully saturated rings. The van der Waals surface area contributed by atoms with Gasteiger partial charge in [-0.25, -0.2) is 4.39 Å². The van der Waals surface area contributed by atoms with Gasteiger partial charge in [-0.05, 0) is 41.5 Å². The van der Waals surface area contributed by atoms with Gasteiger partial charge >= 0.3 is 5.97 Å². The number of hydrogen-bond donors (Lipinski definition) is 2. The Kier molecular flexibility index (Phi) is 7.94. The number of carbonyl (C=O) groups is 3. The third-order valence-electron chi connectivity index (χ3n) is 4.49. The van der Waals surface area contributed by atoms with Crippen LogP contribution in [0.2, 0.25) is 5.02 Å². The predicted octanol–water partition coefficient (Wildman–Crippen LogP) is 3.66. The lowest BCUT2D eigenvalue weighted by Gasteiger charge is -2.20. The van der Waals surface area contributed by atoms with Crippen molar-refractivity contribution in [1.29, 1.82) is 0 Å². The van der Waals surface area contributed by atoms with Gasteiger partial charge in [0.15, 0.2) is 6.61 Å². The summed E-state index contributed by atoms with van der Waals surface area (Å²) in [7, 11) is 0. The van der Waals surface area contributed by atoms with Crippen LogP contribution in [0.4, 0.5) is 4.39 Å². The predicted molar refractivity (Wildman–Crippen MR) is 118 cm³/mol. The number of amides is 2. The van der Waals surface area contributed by atoms with Crippen molar-refractivity contribution in [2.75, 3.05) is 13.2 Å². The van der Waals surface area contributed by atoms with Crippen molar-refractivity contribution in [3.63, 3.8) is 0 Å². The van der Waals surface area contributed by atoms with E-state index in [4.69, 9.17) is 16.3 Å². The second-order valence-electron chi connectivity index (χ2n) is 6.82. The third kappa shape index (κ3) is 6.65. The van der Waals surface area contributed by atoms with E-state index in [2.05, 4.69) is 10.6 Å². The molecule has 0 aliphatic carbocycles. The van der Waals surface area contributed by atoms with Crippen molar-refractivity contribution in [1.82, 2.24) is 10.6 Å². The average Bonchev–Trinajstić information content (AvgIpc) is 2.81. The minimum absolute atomic E-state index is 0.0733. The molecule has 0 aliphatic heterocycles. The number of benzene rings is 3. The van der Waals surface area contributed by atoms with Gasteiger partial charge in [0.05, 0.1) is 6.04 Å². The Bertz CT molecular complexity index is 1090. The van der Waals surface area contributed by atoms with E-state index in [-0.39, 0.29) is 5.56 Å². The van der Waals surface area contributed by atoms with Gasteiger partial charge in [-0.15, -0.1) is 0 Å². The van der Waals surface area contributed by atoms with Gasteiger partial charge in [0.25, 0.3) is 11.8 Å². The van der Waals surface area contributed by atoms with Gasteiger partial charge in [0.1, 0.15) is 12.4 Å². The zero-order valence-corrected chi connectivity index (χ0v) is 17.6. The Morgan fingerprint density at radius 3 is 2.28 bits per heavy atom. The van der Waals surface area contributed by atoms with Crippen LogP contribution in [0.15, 0.2) is 78.9 Å². The number of hydrogen-bond acceptors (Lipinski definition) is 4. The van der Waals surface area contributed by atoms with Crippen molar-refractivity contribution in [2.45, 2.75) is 6.04 Å². The molecule has 3 aromatic rings. The van der Waals surface area contributed by atoms with Crippen molar-refractivity contribution >= 4 is 29.4 Å². The van der Waals surface area contributed by atoms with Crippen LogP contribution in [0.25, 0.3) is 0 Å². The first-order valence-electron chi connectivity index (χ1n) is 9.71. The fraction of sp³-hybridized carbons (Fsp3) is 0.125. The van der Waals surface area contributed by atoms with E-state index in [0.29, 0.717) is 5.02 Å². The first-order valence-corrected chi connectivity index (χ1v) is 10.1. The van der Waals surface area contributed by atoms with Crippen LogP contribution in [0.1, 0.15) is 27.5 Å². The van der Waals surface area contributed by atoms with Crippen LogP contribution in [0, 0.1) is 5.82 Å². The quantitative estimate of drug-likeness (QED) is 0.509. The highest BCUT2D eigenvalue weighted by Gasteiger charge is 2.18. The van der Waals surface area contributed by atoms with E-state index in [1.807, 2.05) is 30.3 Å². The molecule has 2 N–H and O–H groups in total. The molecule has 32 heavy (non-hydrogen) atoms. The molecule has 164 valence electrons. The van der Waals surface area contributed by atoms with E-state index in [0.717, 1.165) is 17.2 Å². The molecule has 8 heteroatoms. The number of esters is 1. The molecule has 6 nitrogen and oxygen atoms in total. The number of halogens is 2. The van der Waals surface area contributed by atoms with Crippen LogP contribution in [-0.2, 0) is 14.3 Å². The van der Waals surface area contributed by atoms with Crippen LogP contribution in [-0.4, -0.2) is 30.9 Å². The molecule has 1 atom stereocenters. The summed E-state index contributed by atoms with van der Waals surface area (Å²) in [4.78, 5) is 36.3. The minimum atomic E-state index is -0.798. The molecular formula is C24H20ClFN2O4. The Morgan fingerprint density at radius 2 is 1.59 bits per heavy atom. The molecule has 0 aliphatic rings. The van der Waals surface area contributed by atoms with Gasteiger partial charge in [0, 0.05) is 10.6 Å². The largest absolute Gasteiger partial charge is 0.454 e. The molecule has 3 aromatic carbocycles. The summed E-state index contributed by atoms with van der Waals surface area (Å²) < 4.78 is 18.1.